The van der Waals surface area contributed by atoms with Gasteiger partial charge in [0.2, 0.25) is 0 Å². The maximum atomic E-state index is 11.7. The van der Waals surface area contributed by atoms with Crippen LogP contribution < -0.4 is 4.74 Å². The fourth-order valence-electron chi connectivity index (χ4n) is 1.71. The molecule has 0 heterocycles. The van der Waals surface area contributed by atoms with Crippen molar-refractivity contribution in [3.05, 3.63) is 29.8 Å². The Balaban J connectivity index is 2.30. The standard InChI is InChI=1S/C16H23BrO3/c1-13(2)20-16(18)14-7-9-15(10-8-14)19-12-6-4-3-5-11-17/h7-10,13H,3-6,11-12H2,1-2H3. The van der Waals surface area contributed by atoms with Gasteiger partial charge in [0.15, 0.2) is 0 Å². The van der Waals surface area contributed by atoms with E-state index in [-0.39, 0.29) is 12.1 Å². The molecule has 0 bridgehead atoms. The number of carbonyl (C=O) groups is 1. The lowest BCUT2D eigenvalue weighted by molar-refractivity contribution is 0.0378. The monoisotopic (exact) mass is 342 g/mol. The molecule has 0 unspecified atom stereocenters. The summed E-state index contributed by atoms with van der Waals surface area (Å²) in [6.07, 6.45) is 4.59. The van der Waals surface area contributed by atoms with E-state index in [1.807, 2.05) is 26.0 Å². The number of rotatable bonds is 9. The van der Waals surface area contributed by atoms with E-state index in [0.717, 1.165) is 24.1 Å². The number of alkyl halides is 1. The molecule has 0 spiro atoms. The highest BCUT2D eigenvalue weighted by molar-refractivity contribution is 9.09. The fraction of sp³-hybridized carbons (Fsp3) is 0.562. The number of ether oxygens (including phenoxy) is 2. The van der Waals surface area contributed by atoms with Crippen molar-refractivity contribution in [1.29, 1.82) is 0 Å². The number of esters is 1. The Morgan fingerprint density at radius 1 is 1.10 bits per heavy atom. The number of unbranched alkanes of at least 4 members (excludes halogenated alkanes) is 3. The summed E-state index contributed by atoms with van der Waals surface area (Å²) in [6, 6.07) is 7.11. The average molecular weight is 343 g/mol. The summed E-state index contributed by atoms with van der Waals surface area (Å²) in [4.78, 5) is 11.7. The minimum absolute atomic E-state index is 0.0991. The number of halogens is 1. The van der Waals surface area contributed by atoms with E-state index in [2.05, 4.69) is 15.9 Å². The van der Waals surface area contributed by atoms with E-state index in [9.17, 15) is 4.79 Å². The van der Waals surface area contributed by atoms with Crippen LogP contribution in [-0.4, -0.2) is 24.0 Å². The van der Waals surface area contributed by atoms with Crippen LogP contribution in [0.25, 0.3) is 0 Å². The third kappa shape index (κ3) is 6.94. The Kier molecular flexibility index (Phi) is 8.35. The summed E-state index contributed by atoms with van der Waals surface area (Å²) in [6.45, 7) is 4.40. The molecule has 1 aromatic rings. The van der Waals surface area contributed by atoms with E-state index in [1.165, 1.54) is 19.3 Å². The van der Waals surface area contributed by atoms with Crippen LogP contribution >= 0.6 is 15.9 Å². The normalized spacial score (nSPS) is 10.6. The van der Waals surface area contributed by atoms with Gasteiger partial charge in [-0.25, -0.2) is 4.79 Å². The molecule has 0 radical (unpaired) electrons. The molecular formula is C16H23BrO3. The van der Waals surface area contributed by atoms with Gasteiger partial charge in [0, 0.05) is 5.33 Å². The number of hydrogen-bond donors (Lipinski definition) is 0. The second-order valence-corrected chi connectivity index (χ2v) is 5.72. The van der Waals surface area contributed by atoms with Crippen molar-refractivity contribution in [2.45, 2.75) is 45.6 Å². The van der Waals surface area contributed by atoms with E-state index in [1.54, 1.807) is 12.1 Å². The first kappa shape index (κ1) is 17.0. The number of carbonyl (C=O) groups excluding carboxylic acids is 1. The second kappa shape index (κ2) is 9.81. The highest BCUT2D eigenvalue weighted by Gasteiger charge is 2.08. The van der Waals surface area contributed by atoms with Crippen LogP contribution in [0.1, 0.15) is 49.9 Å². The molecule has 0 aliphatic rings. The van der Waals surface area contributed by atoms with Crippen molar-refractivity contribution in [3.8, 4) is 5.75 Å². The summed E-state index contributed by atoms with van der Waals surface area (Å²) in [5, 5.41) is 1.07. The smallest absolute Gasteiger partial charge is 0.338 e. The van der Waals surface area contributed by atoms with Crippen molar-refractivity contribution >= 4 is 21.9 Å². The zero-order valence-corrected chi connectivity index (χ0v) is 13.8. The predicted molar refractivity (Wildman–Crippen MR) is 84.8 cm³/mol. The molecule has 0 atom stereocenters. The highest BCUT2D eigenvalue weighted by Crippen LogP contribution is 2.14. The van der Waals surface area contributed by atoms with Crippen LogP contribution in [0, 0.1) is 0 Å². The van der Waals surface area contributed by atoms with Crippen LogP contribution in [0.2, 0.25) is 0 Å². The summed E-state index contributed by atoms with van der Waals surface area (Å²) in [7, 11) is 0. The van der Waals surface area contributed by atoms with Gasteiger partial charge in [-0.15, -0.1) is 0 Å². The molecular weight excluding hydrogens is 320 g/mol. The van der Waals surface area contributed by atoms with Gasteiger partial charge in [-0.1, -0.05) is 28.8 Å². The molecule has 0 N–H and O–H groups in total. The first-order valence-corrected chi connectivity index (χ1v) is 8.25. The van der Waals surface area contributed by atoms with Crippen LogP contribution in [0.4, 0.5) is 0 Å². The van der Waals surface area contributed by atoms with E-state index in [0.29, 0.717) is 5.56 Å². The topological polar surface area (TPSA) is 35.5 Å². The molecule has 0 fully saturated rings. The Labute approximate surface area is 129 Å². The first-order chi connectivity index (χ1) is 9.63. The molecule has 0 aromatic heterocycles. The van der Waals surface area contributed by atoms with Gasteiger partial charge in [-0.2, -0.15) is 0 Å². The van der Waals surface area contributed by atoms with Gasteiger partial charge in [0.1, 0.15) is 5.75 Å². The van der Waals surface area contributed by atoms with Crippen molar-refractivity contribution in [2.24, 2.45) is 0 Å². The highest BCUT2D eigenvalue weighted by atomic mass is 79.9. The molecule has 0 saturated carbocycles. The largest absolute Gasteiger partial charge is 0.494 e. The predicted octanol–water partition coefficient (Wildman–Crippen LogP) is 4.59. The summed E-state index contributed by atoms with van der Waals surface area (Å²) < 4.78 is 10.8. The molecule has 0 amide bonds. The van der Waals surface area contributed by atoms with Crippen LogP contribution in [-0.2, 0) is 4.74 Å². The van der Waals surface area contributed by atoms with Crippen molar-refractivity contribution in [1.82, 2.24) is 0 Å². The molecule has 0 aliphatic heterocycles. The van der Waals surface area contributed by atoms with Crippen LogP contribution in [0.15, 0.2) is 24.3 Å². The van der Waals surface area contributed by atoms with Crippen molar-refractivity contribution in [3.63, 3.8) is 0 Å². The summed E-state index contributed by atoms with van der Waals surface area (Å²) >= 11 is 3.42. The molecule has 20 heavy (non-hydrogen) atoms. The number of benzene rings is 1. The van der Waals surface area contributed by atoms with E-state index >= 15 is 0 Å². The Bertz CT molecular complexity index is 387. The van der Waals surface area contributed by atoms with Gasteiger partial charge in [0.05, 0.1) is 18.3 Å². The zero-order valence-electron chi connectivity index (χ0n) is 12.2. The Hall–Kier alpha value is -1.03. The number of hydrogen-bond acceptors (Lipinski definition) is 3. The van der Waals surface area contributed by atoms with Gasteiger partial charge in [-0.3, -0.25) is 0 Å². The third-order valence-electron chi connectivity index (χ3n) is 2.73. The molecule has 3 nitrogen and oxygen atoms in total. The lowest BCUT2D eigenvalue weighted by Gasteiger charge is -2.09. The Morgan fingerprint density at radius 3 is 2.35 bits per heavy atom. The average Bonchev–Trinajstić information content (AvgIpc) is 2.42. The maximum Gasteiger partial charge on any atom is 0.338 e. The molecule has 112 valence electrons. The summed E-state index contributed by atoms with van der Waals surface area (Å²) in [5.74, 6) is 0.507. The lowest BCUT2D eigenvalue weighted by Crippen LogP contribution is -2.11. The lowest BCUT2D eigenvalue weighted by atomic mass is 10.2. The summed E-state index contributed by atoms with van der Waals surface area (Å²) in [5.41, 5.74) is 0.559. The van der Waals surface area contributed by atoms with Gasteiger partial charge in [0.25, 0.3) is 0 Å². The molecule has 1 aromatic carbocycles. The second-order valence-electron chi connectivity index (χ2n) is 4.93. The van der Waals surface area contributed by atoms with E-state index in [4.69, 9.17) is 9.47 Å². The van der Waals surface area contributed by atoms with Gasteiger partial charge >= 0.3 is 5.97 Å². The minimum Gasteiger partial charge on any atom is -0.494 e. The SMILES string of the molecule is CC(C)OC(=O)c1ccc(OCCCCCCBr)cc1. The van der Waals surface area contributed by atoms with Crippen LogP contribution in [0.3, 0.4) is 0 Å². The van der Waals surface area contributed by atoms with E-state index < -0.39 is 0 Å². The zero-order chi connectivity index (χ0) is 14.8. The maximum absolute atomic E-state index is 11.7. The Morgan fingerprint density at radius 2 is 1.75 bits per heavy atom. The van der Waals surface area contributed by atoms with Crippen molar-refractivity contribution in [2.75, 3.05) is 11.9 Å². The molecule has 0 saturated heterocycles. The first-order valence-electron chi connectivity index (χ1n) is 7.13. The fourth-order valence-corrected chi connectivity index (χ4v) is 2.11. The third-order valence-corrected chi connectivity index (χ3v) is 3.29. The minimum atomic E-state index is -0.290. The molecule has 0 aliphatic carbocycles. The molecule has 4 heteroatoms. The van der Waals surface area contributed by atoms with Crippen molar-refractivity contribution < 1.29 is 14.3 Å². The quantitative estimate of drug-likeness (QED) is 0.374. The van der Waals surface area contributed by atoms with Gasteiger partial charge in [-0.05, 0) is 51.0 Å². The van der Waals surface area contributed by atoms with Crippen LogP contribution in [0.5, 0.6) is 5.75 Å². The molecule has 1 rings (SSSR count). The van der Waals surface area contributed by atoms with Gasteiger partial charge < -0.3 is 9.47 Å².